The number of carbonyl (C=O) groups excluding carboxylic acids is 4. The number of benzene rings is 2. The lowest BCUT2D eigenvalue weighted by Gasteiger charge is -2.25. The van der Waals surface area contributed by atoms with Crippen molar-refractivity contribution in [3.8, 4) is 5.75 Å². The SMILES string of the molecule is CC(C)CC(N)C(=O)NC(Cc1ccc(O)cc1)C(=O)NC(Cc1c[nH]c2ccccc12)C(=O)NC(CCC(N)=O)C(=O)O. The van der Waals surface area contributed by atoms with Gasteiger partial charge in [-0.05, 0) is 48.1 Å². The summed E-state index contributed by atoms with van der Waals surface area (Å²) in [4.78, 5) is 66.5. The molecular weight excluding hydrogens is 568 g/mol. The molecule has 0 bridgehead atoms. The van der Waals surface area contributed by atoms with Gasteiger partial charge in [0.15, 0.2) is 0 Å². The zero-order valence-corrected chi connectivity index (χ0v) is 24.7. The van der Waals surface area contributed by atoms with E-state index >= 15 is 0 Å². The minimum Gasteiger partial charge on any atom is -0.508 e. The van der Waals surface area contributed by atoms with Gasteiger partial charge in [0.1, 0.15) is 23.9 Å². The molecule has 4 unspecified atom stereocenters. The van der Waals surface area contributed by atoms with Crippen molar-refractivity contribution in [2.24, 2.45) is 17.4 Å². The number of para-hydroxylation sites is 1. The van der Waals surface area contributed by atoms with Crippen LogP contribution in [0.3, 0.4) is 0 Å². The number of aromatic nitrogens is 1. The van der Waals surface area contributed by atoms with Gasteiger partial charge in [0.05, 0.1) is 6.04 Å². The molecule has 0 aliphatic carbocycles. The van der Waals surface area contributed by atoms with Crippen molar-refractivity contribution >= 4 is 40.5 Å². The Morgan fingerprint density at radius 3 is 2.05 bits per heavy atom. The highest BCUT2D eigenvalue weighted by molar-refractivity contribution is 5.95. The van der Waals surface area contributed by atoms with E-state index in [1.165, 1.54) is 12.1 Å². The molecule has 13 nitrogen and oxygen atoms in total. The highest BCUT2D eigenvalue weighted by Gasteiger charge is 2.31. The first-order valence-electron chi connectivity index (χ1n) is 14.3. The Morgan fingerprint density at radius 2 is 1.43 bits per heavy atom. The molecule has 1 heterocycles. The molecule has 0 aliphatic rings. The molecule has 10 N–H and O–H groups in total. The van der Waals surface area contributed by atoms with Crippen molar-refractivity contribution in [3.05, 3.63) is 65.9 Å². The molecule has 2 aromatic carbocycles. The topological polar surface area (TPSA) is 230 Å². The lowest BCUT2D eigenvalue weighted by molar-refractivity contribution is -0.142. The summed E-state index contributed by atoms with van der Waals surface area (Å²) in [5, 5.41) is 27.9. The highest BCUT2D eigenvalue weighted by Crippen LogP contribution is 2.20. The second kappa shape index (κ2) is 15.5. The number of nitrogens with two attached hydrogens (primary N) is 2. The molecule has 0 aliphatic heterocycles. The smallest absolute Gasteiger partial charge is 0.326 e. The van der Waals surface area contributed by atoms with Gasteiger partial charge in [-0.3, -0.25) is 19.2 Å². The van der Waals surface area contributed by atoms with Crippen LogP contribution >= 0.6 is 0 Å². The molecule has 0 spiro atoms. The third-order valence-electron chi connectivity index (χ3n) is 7.10. The van der Waals surface area contributed by atoms with Crippen LogP contribution in [-0.2, 0) is 36.8 Å². The molecule has 13 heteroatoms. The molecule has 44 heavy (non-hydrogen) atoms. The number of carboxylic acids is 1. The number of aromatic amines is 1. The molecule has 3 aromatic rings. The van der Waals surface area contributed by atoms with Gasteiger partial charge in [-0.1, -0.05) is 44.2 Å². The maximum atomic E-state index is 13.8. The van der Waals surface area contributed by atoms with Crippen molar-refractivity contribution in [2.45, 2.75) is 70.1 Å². The van der Waals surface area contributed by atoms with Crippen molar-refractivity contribution in [3.63, 3.8) is 0 Å². The Labute approximate surface area is 254 Å². The Morgan fingerprint density at radius 1 is 0.841 bits per heavy atom. The van der Waals surface area contributed by atoms with Crippen molar-refractivity contribution in [1.82, 2.24) is 20.9 Å². The zero-order chi connectivity index (χ0) is 32.4. The molecule has 3 rings (SSSR count). The summed E-state index contributed by atoms with van der Waals surface area (Å²) in [5.74, 6) is -3.99. The van der Waals surface area contributed by atoms with Crippen LogP contribution in [0.5, 0.6) is 5.75 Å². The van der Waals surface area contributed by atoms with E-state index in [4.69, 9.17) is 11.5 Å². The fourth-order valence-corrected chi connectivity index (χ4v) is 4.79. The molecule has 0 fully saturated rings. The number of amides is 4. The van der Waals surface area contributed by atoms with E-state index in [-0.39, 0.29) is 37.4 Å². The largest absolute Gasteiger partial charge is 0.508 e. The standard InChI is InChI=1S/C31H40N6O7/c1-17(2)13-22(32)28(40)36-25(14-18-7-9-20(38)10-8-18)29(41)37-26(15-19-16-34-23-6-4-3-5-21(19)23)30(42)35-24(31(43)44)11-12-27(33)39/h3-10,16-17,22,24-26,34,38H,11-15,32H2,1-2H3,(H2,33,39)(H,35,42)(H,36,40)(H,37,41)(H,43,44). The highest BCUT2D eigenvalue weighted by atomic mass is 16.4. The zero-order valence-electron chi connectivity index (χ0n) is 24.7. The maximum Gasteiger partial charge on any atom is 0.326 e. The van der Waals surface area contributed by atoms with E-state index in [0.29, 0.717) is 17.5 Å². The van der Waals surface area contributed by atoms with Gasteiger partial charge >= 0.3 is 5.97 Å². The first-order chi connectivity index (χ1) is 20.8. The first kappa shape index (κ1) is 33.6. The van der Waals surface area contributed by atoms with Crippen LogP contribution in [0, 0.1) is 5.92 Å². The quantitative estimate of drug-likeness (QED) is 0.116. The normalized spacial score (nSPS) is 13.9. The third kappa shape index (κ3) is 9.83. The van der Waals surface area contributed by atoms with Crippen LogP contribution in [-0.4, -0.2) is 69.0 Å². The van der Waals surface area contributed by atoms with Crippen molar-refractivity contribution < 1.29 is 34.2 Å². The molecule has 4 atom stereocenters. The number of aliphatic carboxylic acids is 1. The van der Waals surface area contributed by atoms with Crippen LogP contribution in [0.2, 0.25) is 0 Å². The fourth-order valence-electron chi connectivity index (χ4n) is 4.79. The number of fused-ring (bicyclic) bond motifs is 1. The number of hydrogen-bond donors (Lipinski definition) is 8. The number of phenols is 1. The Hall–Kier alpha value is -4.91. The van der Waals surface area contributed by atoms with Crippen LogP contribution in [0.25, 0.3) is 10.9 Å². The molecule has 0 radical (unpaired) electrons. The predicted octanol–water partition coefficient (Wildman–Crippen LogP) is 0.837. The Bertz CT molecular complexity index is 1470. The molecule has 236 valence electrons. The van der Waals surface area contributed by atoms with Crippen LogP contribution in [0.1, 0.15) is 44.2 Å². The number of hydrogen-bond acceptors (Lipinski definition) is 7. The molecular formula is C31H40N6O7. The number of carboxylic acid groups (broad SMARTS) is 1. The van der Waals surface area contributed by atoms with E-state index < -0.39 is 53.8 Å². The first-order valence-corrected chi connectivity index (χ1v) is 14.3. The van der Waals surface area contributed by atoms with E-state index in [1.807, 2.05) is 38.1 Å². The third-order valence-corrected chi connectivity index (χ3v) is 7.10. The summed E-state index contributed by atoms with van der Waals surface area (Å²) in [6, 6.07) is 8.71. The maximum absolute atomic E-state index is 13.8. The fraction of sp³-hybridized carbons (Fsp3) is 0.387. The van der Waals surface area contributed by atoms with E-state index in [0.717, 1.165) is 10.9 Å². The summed E-state index contributed by atoms with van der Waals surface area (Å²) in [7, 11) is 0. The Balaban J connectivity index is 1.90. The van der Waals surface area contributed by atoms with Crippen LogP contribution in [0.4, 0.5) is 0 Å². The summed E-state index contributed by atoms with van der Waals surface area (Å²) in [6.07, 6.45) is 1.57. The Kier molecular flexibility index (Phi) is 11.9. The average molecular weight is 609 g/mol. The summed E-state index contributed by atoms with van der Waals surface area (Å²) in [5.41, 5.74) is 13.3. The lowest BCUT2D eigenvalue weighted by atomic mass is 10.00. The average Bonchev–Trinajstić information content (AvgIpc) is 3.37. The number of aromatic hydroxyl groups is 1. The van der Waals surface area contributed by atoms with Gasteiger partial charge in [-0.25, -0.2) is 4.79 Å². The number of H-pyrrole nitrogens is 1. The predicted molar refractivity (Wildman–Crippen MR) is 163 cm³/mol. The minimum atomic E-state index is -1.43. The van der Waals surface area contributed by atoms with Crippen LogP contribution < -0.4 is 27.4 Å². The van der Waals surface area contributed by atoms with Gasteiger partial charge in [-0.15, -0.1) is 0 Å². The summed E-state index contributed by atoms with van der Waals surface area (Å²) < 4.78 is 0. The minimum absolute atomic E-state index is 0.0174. The summed E-state index contributed by atoms with van der Waals surface area (Å²) >= 11 is 0. The lowest BCUT2D eigenvalue weighted by Crippen LogP contribution is -2.58. The van der Waals surface area contributed by atoms with Crippen LogP contribution in [0.15, 0.2) is 54.7 Å². The number of phenolic OH excluding ortho intramolecular Hbond substituents is 1. The van der Waals surface area contributed by atoms with Crippen molar-refractivity contribution in [2.75, 3.05) is 0 Å². The number of primary amides is 1. The molecule has 0 saturated carbocycles. The second-order valence-corrected chi connectivity index (χ2v) is 11.2. The molecule has 4 amide bonds. The summed E-state index contributed by atoms with van der Waals surface area (Å²) in [6.45, 7) is 3.82. The second-order valence-electron chi connectivity index (χ2n) is 11.2. The monoisotopic (exact) mass is 608 g/mol. The van der Waals surface area contributed by atoms with Gasteiger partial charge in [-0.2, -0.15) is 0 Å². The molecule has 0 saturated heterocycles. The van der Waals surface area contributed by atoms with Gasteiger partial charge in [0.25, 0.3) is 0 Å². The van der Waals surface area contributed by atoms with Gasteiger partial charge in [0.2, 0.25) is 23.6 Å². The number of nitrogens with one attached hydrogen (secondary N) is 4. The van der Waals surface area contributed by atoms with E-state index in [1.54, 1.807) is 18.3 Å². The van der Waals surface area contributed by atoms with Gasteiger partial charge < -0.3 is 42.6 Å². The molecule has 1 aromatic heterocycles. The number of carbonyl (C=O) groups is 5. The van der Waals surface area contributed by atoms with E-state index in [2.05, 4.69) is 20.9 Å². The van der Waals surface area contributed by atoms with E-state index in [9.17, 15) is 34.2 Å². The van der Waals surface area contributed by atoms with Crippen molar-refractivity contribution in [1.29, 1.82) is 0 Å². The number of rotatable bonds is 16. The van der Waals surface area contributed by atoms with Gasteiger partial charge in [0, 0.05) is 36.4 Å².